The van der Waals surface area contributed by atoms with Gasteiger partial charge in [-0.15, -0.1) is 0 Å². The highest BCUT2D eigenvalue weighted by molar-refractivity contribution is 5.84. The summed E-state index contributed by atoms with van der Waals surface area (Å²) in [4.78, 5) is 19.7. The number of nitrogens with zero attached hydrogens (tertiary/aromatic N) is 2. The smallest absolute Gasteiger partial charge is 0.242 e. The number of nitrogen functional groups attached to an aromatic ring is 1. The van der Waals surface area contributed by atoms with Gasteiger partial charge in [-0.2, -0.15) is 4.98 Å². The Kier molecular flexibility index (Phi) is 4.25. The lowest BCUT2D eigenvalue weighted by Crippen LogP contribution is -2.41. The Hall–Kier alpha value is -1.85. The molecule has 0 aromatic carbocycles. The molecule has 0 fully saturated rings. The zero-order valence-corrected chi connectivity index (χ0v) is 10.6. The quantitative estimate of drug-likeness (QED) is 0.716. The zero-order chi connectivity index (χ0) is 13.0. The van der Waals surface area contributed by atoms with Crippen molar-refractivity contribution in [2.45, 2.75) is 39.8 Å². The third-order valence-corrected chi connectivity index (χ3v) is 2.06. The van der Waals surface area contributed by atoms with E-state index in [2.05, 4.69) is 20.6 Å². The van der Waals surface area contributed by atoms with Crippen molar-refractivity contribution < 1.29 is 4.79 Å². The van der Waals surface area contributed by atoms with Crippen LogP contribution in [0.1, 0.15) is 26.5 Å². The van der Waals surface area contributed by atoms with Crippen LogP contribution in [-0.2, 0) is 4.79 Å². The fourth-order valence-corrected chi connectivity index (χ4v) is 1.36. The molecule has 0 saturated carbocycles. The average molecular weight is 237 g/mol. The molecule has 0 aliphatic heterocycles. The van der Waals surface area contributed by atoms with E-state index in [0.717, 1.165) is 5.69 Å². The lowest BCUT2D eigenvalue weighted by atomic mass is 10.2. The zero-order valence-electron chi connectivity index (χ0n) is 10.6. The summed E-state index contributed by atoms with van der Waals surface area (Å²) in [5.74, 6) is 0.681. The van der Waals surface area contributed by atoms with Crippen molar-refractivity contribution in [3.63, 3.8) is 0 Å². The highest BCUT2D eigenvalue weighted by atomic mass is 16.2. The Labute approximate surface area is 101 Å². The van der Waals surface area contributed by atoms with Crippen molar-refractivity contribution in [2.75, 3.05) is 11.1 Å². The predicted octanol–water partition coefficient (Wildman–Crippen LogP) is 0.692. The van der Waals surface area contributed by atoms with Gasteiger partial charge in [0.15, 0.2) is 0 Å². The summed E-state index contributed by atoms with van der Waals surface area (Å²) in [6, 6.07) is 1.49. The minimum atomic E-state index is -0.369. The largest absolute Gasteiger partial charge is 0.368 e. The van der Waals surface area contributed by atoms with Crippen LogP contribution in [0, 0.1) is 6.92 Å². The van der Waals surface area contributed by atoms with E-state index in [4.69, 9.17) is 5.73 Å². The van der Waals surface area contributed by atoms with Crippen LogP contribution in [0.15, 0.2) is 6.07 Å². The van der Waals surface area contributed by atoms with Crippen LogP contribution in [0.2, 0.25) is 0 Å². The molecular weight excluding hydrogens is 218 g/mol. The van der Waals surface area contributed by atoms with Crippen LogP contribution < -0.4 is 16.4 Å². The van der Waals surface area contributed by atoms with Crippen LogP contribution in [-0.4, -0.2) is 28.0 Å². The third kappa shape index (κ3) is 4.26. The first kappa shape index (κ1) is 13.2. The van der Waals surface area contributed by atoms with Crippen molar-refractivity contribution in [3.8, 4) is 0 Å². The van der Waals surface area contributed by atoms with Crippen LogP contribution in [0.3, 0.4) is 0 Å². The van der Waals surface area contributed by atoms with Crippen molar-refractivity contribution >= 4 is 17.7 Å². The fourth-order valence-electron chi connectivity index (χ4n) is 1.36. The van der Waals surface area contributed by atoms with Gasteiger partial charge in [-0.3, -0.25) is 4.79 Å². The number of anilines is 2. The summed E-state index contributed by atoms with van der Waals surface area (Å²) < 4.78 is 0. The van der Waals surface area contributed by atoms with Gasteiger partial charge in [-0.05, 0) is 27.7 Å². The first-order chi connectivity index (χ1) is 7.88. The fraction of sp³-hybridized carbons (Fsp3) is 0.545. The number of aryl methyl sites for hydroxylation is 1. The molecule has 0 aliphatic rings. The molecular formula is C11H19N5O. The van der Waals surface area contributed by atoms with Crippen molar-refractivity contribution in [1.29, 1.82) is 0 Å². The molecule has 1 atom stereocenters. The van der Waals surface area contributed by atoms with Gasteiger partial charge in [0.05, 0.1) is 0 Å². The van der Waals surface area contributed by atoms with Crippen LogP contribution in [0.4, 0.5) is 11.8 Å². The van der Waals surface area contributed by atoms with E-state index in [0.29, 0.717) is 5.82 Å². The van der Waals surface area contributed by atoms with E-state index in [-0.39, 0.29) is 23.9 Å². The molecule has 0 radical (unpaired) electrons. The van der Waals surface area contributed by atoms with Crippen molar-refractivity contribution in [2.24, 2.45) is 0 Å². The molecule has 6 nitrogen and oxygen atoms in total. The normalized spacial score (nSPS) is 12.3. The highest BCUT2D eigenvalue weighted by Crippen LogP contribution is 2.08. The molecule has 1 rings (SSSR count). The van der Waals surface area contributed by atoms with Crippen LogP contribution in [0.5, 0.6) is 0 Å². The van der Waals surface area contributed by atoms with E-state index >= 15 is 0 Å². The second kappa shape index (κ2) is 5.47. The summed E-state index contributed by atoms with van der Waals surface area (Å²) >= 11 is 0. The Balaban J connectivity index is 2.67. The number of aromatic nitrogens is 2. The van der Waals surface area contributed by atoms with Gasteiger partial charge in [-0.25, -0.2) is 4.98 Å². The minimum absolute atomic E-state index is 0.0742. The van der Waals surface area contributed by atoms with E-state index in [1.54, 1.807) is 13.0 Å². The molecule has 1 amide bonds. The number of hydrogen-bond acceptors (Lipinski definition) is 5. The molecule has 94 valence electrons. The second-order valence-corrected chi connectivity index (χ2v) is 4.28. The van der Waals surface area contributed by atoms with E-state index in [1.807, 2.05) is 20.8 Å². The van der Waals surface area contributed by atoms with Gasteiger partial charge in [0, 0.05) is 17.8 Å². The number of carbonyl (C=O) groups excluding carboxylic acids is 1. The number of nitrogens with one attached hydrogen (secondary N) is 2. The van der Waals surface area contributed by atoms with E-state index < -0.39 is 0 Å². The molecule has 0 aliphatic carbocycles. The minimum Gasteiger partial charge on any atom is -0.368 e. The Morgan fingerprint density at radius 2 is 2.00 bits per heavy atom. The summed E-state index contributed by atoms with van der Waals surface area (Å²) in [5, 5.41) is 5.80. The molecule has 0 bridgehead atoms. The second-order valence-electron chi connectivity index (χ2n) is 4.28. The van der Waals surface area contributed by atoms with Crippen molar-refractivity contribution in [3.05, 3.63) is 11.8 Å². The predicted molar refractivity (Wildman–Crippen MR) is 67.5 cm³/mol. The van der Waals surface area contributed by atoms with Gasteiger partial charge in [0.1, 0.15) is 11.9 Å². The van der Waals surface area contributed by atoms with Gasteiger partial charge in [0.2, 0.25) is 11.9 Å². The summed E-state index contributed by atoms with van der Waals surface area (Å²) in [6.45, 7) is 7.42. The average Bonchev–Trinajstić information content (AvgIpc) is 2.14. The number of carbonyl (C=O) groups is 1. The number of hydrogen-bond donors (Lipinski definition) is 3. The Bertz CT molecular complexity index is 385. The number of amides is 1. The topological polar surface area (TPSA) is 92.9 Å². The molecule has 1 unspecified atom stereocenters. The Morgan fingerprint density at radius 1 is 1.35 bits per heavy atom. The van der Waals surface area contributed by atoms with Gasteiger partial charge >= 0.3 is 0 Å². The van der Waals surface area contributed by atoms with E-state index in [9.17, 15) is 4.79 Å². The van der Waals surface area contributed by atoms with E-state index in [1.165, 1.54) is 0 Å². The molecule has 1 heterocycles. The number of rotatable bonds is 4. The maximum Gasteiger partial charge on any atom is 0.242 e. The maximum atomic E-state index is 11.7. The summed E-state index contributed by atoms with van der Waals surface area (Å²) in [6.07, 6.45) is 0. The van der Waals surface area contributed by atoms with Gasteiger partial charge < -0.3 is 16.4 Å². The highest BCUT2D eigenvalue weighted by Gasteiger charge is 2.14. The Morgan fingerprint density at radius 3 is 2.53 bits per heavy atom. The van der Waals surface area contributed by atoms with Crippen LogP contribution in [0.25, 0.3) is 0 Å². The molecule has 1 aromatic rings. The van der Waals surface area contributed by atoms with Gasteiger partial charge in [-0.1, -0.05) is 0 Å². The molecule has 0 spiro atoms. The summed E-state index contributed by atoms with van der Waals surface area (Å²) in [5.41, 5.74) is 6.29. The van der Waals surface area contributed by atoms with Crippen LogP contribution >= 0.6 is 0 Å². The number of nitrogens with two attached hydrogens (primary N) is 1. The molecule has 1 aromatic heterocycles. The first-order valence-electron chi connectivity index (χ1n) is 5.56. The first-order valence-corrected chi connectivity index (χ1v) is 5.56. The van der Waals surface area contributed by atoms with Crippen molar-refractivity contribution in [1.82, 2.24) is 15.3 Å². The lowest BCUT2D eigenvalue weighted by molar-refractivity contribution is -0.122. The molecule has 0 saturated heterocycles. The summed E-state index contributed by atoms with van der Waals surface area (Å²) in [7, 11) is 0. The molecule has 4 N–H and O–H groups in total. The lowest BCUT2D eigenvalue weighted by Gasteiger charge is -2.16. The molecule has 6 heteroatoms. The van der Waals surface area contributed by atoms with Gasteiger partial charge in [0.25, 0.3) is 0 Å². The third-order valence-electron chi connectivity index (χ3n) is 2.06. The standard InChI is InChI=1S/C11H19N5O/c1-6(2)13-10(17)8(4)15-9-5-7(3)14-11(12)16-9/h5-6,8H,1-4H3,(H,13,17)(H3,12,14,15,16). The molecule has 17 heavy (non-hydrogen) atoms. The monoisotopic (exact) mass is 237 g/mol. The maximum absolute atomic E-state index is 11.7. The SMILES string of the molecule is Cc1cc(NC(C)C(=O)NC(C)C)nc(N)n1.